The van der Waals surface area contributed by atoms with Gasteiger partial charge in [-0.3, -0.25) is 9.55 Å². The van der Waals surface area contributed by atoms with Crippen molar-refractivity contribution in [3.63, 3.8) is 0 Å². The van der Waals surface area contributed by atoms with Crippen LogP contribution in [0, 0.1) is 0 Å². The molecule has 166 valence electrons. The van der Waals surface area contributed by atoms with Crippen molar-refractivity contribution in [1.29, 1.82) is 0 Å². The average molecular weight is 443 g/mol. The molecule has 2 aromatic heterocycles. The number of benzene rings is 2. The molecule has 0 unspecified atom stereocenters. The van der Waals surface area contributed by atoms with Crippen molar-refractivity contribution in [1.82, 2.24) is 19.9 Å². The van der Waals surface area contributed by atoms with Crippen LogP contribution in [0.3, 0.4) is 0 Å². The van der Waals surface area contributed by atoms with Gasteiger partial charge in [-0.2, -0.15) is 13.2 Å². The second-order valence-electron chi connectivity index (χ2n) is 7.58. The Morgan fingerprint density at radius 3 is 2.62 bits per heavy atom. The third kappa shape index (κ3) is 3.27. The molecule has 0 spiro atoms. The summed E-state index contributed by atoms with van der Waals surface area (Å²) < 4.78 is 48.7. The Bertz CT molecular complexity index is 1370. The molecule has 0 bridgehead atoms. The summed E-state index contributed by atoms with van der Waals surface area (Å²) in [7, 11) is 1.51. The summed E-state index contributed by atoms with van der Waals surface area (Å²) in [5, 5.41) is 3.74. The van der Waals surface area contributed by atoms with Gasteiger partial charge in [-0.25, -0.2) is 4.79 Å². The van der Waals surface area contributed by atoms with E-state index in [0.29, 0.717) is 53.9 Å². The van der Waals surface area contributed by atoms with Gasteiger partial charge in [0, 0.05) is 37.3 Å². The van der Waals surface area contributed by atoms with Crippen LogP contribution in [0.4, 0.5) is 18.9 Å². The number of alkyl halides is 3. The number of piperazine rings is 1. The quantitative estimate of drug-likeness (QED) is 0.508. The zero-order valence-corrected chi connectivity index (χ0v) is 17.2. The van der Waals surface area contributed by atoms with E-state index in [1.165, 1.54) is 23.9 Å². The number of para-hydroxylation sites is 1. The molecule has 1 aliphatic heterocycles. The fourth-order valence-corrected chi connectivity index (χ4v) is 4.27. The van der Waals surface area contributed by atoms with Crippen LogP contribution in [0.2, 0.25) is 0 Å². The van der Waals surface area contributed by atoms with Crippen molar-refractivity contribution in [2.24, 2.45) is 0 Å². The molecular weight excluding hydrogens is 423 g/mol. The molecular formula is C22H20F3N5O2. The van der Waals surface area contributed by atoms with E-state index in [0.717, 1.165) is 6.07 Å². The Labute approximate surface area is 180 Å². The third-order valence-corrected chi connectivity index (χ3v) is 5.72. The van der Waals surface area contributed by atoms with E-state index < -0.39 is 17.4 Å². The van der Waals surface area contributed by atoms with Crippen LogP contribution < -0.4 is 20.6 Å². The second-order valence-corrected chi connectivity index (χ2v) is 7.58. The largest absolute Gasteiger partial charge is 0.494 e. The standard InChI is InChI=1S/C22H20F3N5O2/c1-32-18-4-2-3-14-19(18)27-12-16-20(14)30(21(31)28-16)13-5-6-17(15(11-13)22(23,24)25)29-9-7-26-8-10-29/h2-6,11-12,26H,7-10H2,1H3,(H,28,31). The Morgan fingerprint density at radius 2 is 1.91 bits per heavy atom. The molecule has 32 heavy (non-hydrogen) atoms. The zero-order valence-electron chi connectivity index (χ0n) is 17.2. The minimum atomic E-state index is -4.57. The highest BCUT2D eigenvalue weighted by atomic mass is 19.4. The lowest BCUT2D eigenvalue weighted by Crippen LogP contribution is -2.44. The molecule has 2 aromatic carbocycles. The molecule has 0 saturated carbocycles. The summed E-state index contributed by atoms with van der Waals surface area (Å²) in [6, 6.07) is 9.28. The maximum Gasteiger partial charge on any atom is 0.418 e. The van der Waals surface area contributed by atoms with E-state index in [-0.39, 0.29) is 11.4 Å². The highest BCUT2D eigenvalue weighted by Crippen LogP contribution is 2.39. The number of aromatic amines is 1. The van der Waals surface area contributed by atoms with Crippen LogP contribution in [-0.4, -0.2) is 47.8 Å². The number of nitrogens with one attached hydrogen (secondary N) is 2. The predicted octanol–water partition coefficient (Wildman–Crippen LogP) is 3.30. The van der Waals surface area contributed by atoms with Gasteiger partial charge in [0.15, 0.2) is 0 Å². The van der Waals surface area contributed by atoms with Gasteiger partial charge in [-0.1, -0.05) is 12.1 Å². The van der Waals surface area contributed by atoms with Crippen LogP contribution in [0.1, 0.15) is 5.56 Å². The molecule has 5 rings (SSSR count). The van der Waals surface area contributed by atoms with Crippen molar-refractivity contribution in [3.05, 3.63) is 58.6 Å². The Balaban J connectivity index is 1.76. The van der Waals surface area contributed by atoms with Crippen molar-refractivity contribution >= 4 is 27.6 Å². The first-order valence-corrected chi connectivity index (χ1v) is 10.1. The molecule has 1 saturated heterocycles. The van der Waals surface area contributed by atoms with Gasteiger partial charge >= 0.3 is 11.9 Å². The highest BCUT2D eigenvalue weighted by Gasteiger charge is 2.36. The number of rotatable bonds is 3. The molecule has 2 N–H and O–H groups in total. The number of halogens is 3. The normalized spacial score (nSPS) is 14.9. The Morgan fingerprint density at radius 1 is 1.12 bits per heavy atom. The first-order valence-electron chi connectivity index (χ1n) is 10.1. The SMILES string of the molecule is COc1cccc2c1ncc1[nH]c(=O)n(-c3ccc(N4CCNCC4)c(C(F)(F)F)c3)c12. The van der Waals surface area contributed by atoms with Crippen molar-refractivity contribution in [3.8, 4) is 11.4 Å². The second kappa shape index (κ2) is 7.56. The van der Waals surface area contributed by atoms with E-state index in [1.54, 1.807) is 29.2 Å². The fourth-order valence-electron chi connectivity index (χ4n) is 4.27. The molecule has 3 heterocycles. The number of hydrogen-bond donors (Lipinski definition) is 2. The monoisotopic (exact) mass is 443 g/mol. The topological polar surface area (TPSA) is 75.2 Å². The first-order chi connectivity index (χ1) is 15.4. The van der Waals surface area contributed by atoms with Crippen LogP contribution in [0.15, 0.2) is 47.4 Å². The summed E-state index contributed by atoms with van der Waals surface area (Å²) >= 11 is 0. The third-order valence-electron chi connectivity index (χ3n) is 5.72. The van der Waals surface area contributed by atoms with E-state index >= 15 is 0 Å². The number of hydrogen-bond acceptors (Lipinski definition) is 5. The number of pyridine rings is 1. The van der Waals surface area contributed by atoms with E-state index in [1.807, 2.05) is 0 Å². The molecule has 0 atom stereocenters. The summed E-state index contributed by atoms with van der Waals surface area (Å²) in [4.78, 5) is 21.6. The lowest BCUT2D eigenvalue weighted by atomic mass is 10.1. The van der Waals surface area contributed by atoms with Gasteiger partial charge < -0.3 is 19.9 Å². The van der Waals surface area contributed by atoms with Crippen LogP contribution >= 0.6 is 0 Å². The van der Waals surface area contributed by atoms with E-state index in [2.05, 4.69) is 15.3 Å². The number of anilines is 1. The zero-order chi connectivity index (χ0) is 22.5. The Kier molecular flexibility index (Phi) is 4.81. The average Bonchev–Trinajstić information content (AvgIpc) is 3.14. The number of aromatic nitrogens is 3. The molecule has 1 aliphatic rings. The highest BCUT2D eigenvalue weighted by molar-refractivity contribution is 6.04. The molecule has 0 aliphatic carbocycles. The van der Waals surface area contributed by atoms with Crippen LogP contribution in [-0.2, 0) is 6.18 Å². The molecule has 10 heteroatoms. The van der Waals surface area contributed by atoms with Crippen molar-refractivity contribution in [2.75, 3.05) is 38.2 Å². The molecule has 0 amide bonds. The number of imidazole rings is 1. The van der Waals surface area contributed by atoms with Gasteiger partial charge in [0.05, 0.1) is 35.6 Å². The van der Waals surface area contributed by atoms with Crippen LogP contribution in [0.5, 0.6) is 5.75 Å². The maximum atomic E-state index is 14.0. The van der Waals surface area contributed by atoms with Gasteiger partial charge in [-0.05, 0) is 24.3 Å². The van der Waals surface area contributed by atoms with Crippen molar-refractivity contribution < 1.29 is 17.9 Å². The number of ether oxygens (including phenoxy) is 1. The molecule has 7 nitrogen and oxygen atoms in total. The summed E-state index contributed by atoms with van der Waals surface area (Å²) in [6.07, 6.45) is -3.09. The summed E-state index contributed by atoms with van der Waals surface area (Å²) in [5.41, 5.74) is 0.321. The van der Waals surface area contributed by atoms with Gasteiger partial charge in [-0.15, -0.1) is 0 Å². The maximum absolute atomic E-state index is 14.0. The minimum absolute atomic E-state index is 0.115. The smallest absolute Gasteiger partial charge is 0.418 e. The molecule has 0 radical (unpaired) electrons. The summed E-state index contributed by atoms with van der Waals surface area (Å²) in [6.45, 7) is 2.18. The number of nitrogens with zero attached hydrogens (tertiary/aromatic N) is 3. The predicted molar refractivity (Wildman–Crippen MR) is 116 cm³/mol. The lowest BCUT2D eigenvalue weighted by Gasteiger charge is -2.31. The van der Waals surface area contributed by atoms with Crippen LogP contribution in [0.25, 0.3) is 27.6 Å². The van der Waals surface area contributed by atoms with Gasteiger partial charge in [0.2, 0.25) is 0 Å². The molecule has 1 fully saturated rings. The number of H-pyrrole nitrogens is 1. The fraction of sp³-hybridized carbons (Fsp3) is 0.273. The minimum Gasteiger partial charge on any atom is -0.494 e. The first kappa shape index (κ1) is 20.4. The number of methoxy groups -OCH3 is 1. The molecule has 4 aromatic rings. The summed E-state index contributed by atoms with van der Waals surface area (Å²) in [5.74, 6) is 0.509. The lowest BCUT2D eigenvalue weighted by molar-refractivity contribution is -0.137. The Hall–Kier alpha value is -3.53. The number of fused-ring (bicyclic) bond motifs is 3. The van der Waals surface area contributed by atoms with Gasteiger partial charge in [0.25, 0.3) is 0 Å². The van der Waals surface area contributed by atoms with E-state index in [9.17, 15) is 18.0 Å². The van der Waals surface area contributed by atoms with Gasteiger partial charge in [0.1, 0.15) is 11.3 Å². The van der Waals surface area contributed by atoms with Crippen molar-refractivity contribution in [2.45, 2.75) is 6.18 Å². The van der Waals surface area contributed by atoms with E-state index in [4.69, 9.17) is 4.74 Å².